The minimum atomic E-state index is -0.974. The highest BCUT2D eigenvalue weighted by Gasteiger charge is 2.33. The summed E-state index contributed by atoms with van der Waals surface area (Å²) in [5, 5.41) is 23.7. The highest BCUT2D eigenvalue weighted by atomic mass is 16.5. The van der Waals surface area contributed by atoms with Gasteiger partial charge in [0.15, 0.2) is 0 Å². The molecular formula is C19H21N5O4. The minimum Gasteiger partial charge on any atom is -0.478 e. The van der Waals surface area contributed by atoms with E-state index in [2.05, 4.69) is 20.0 Å². The van der Waals surface area contributed by atoms with Gasteiger partial charge in [-0.2, -0.15) is 4.98 Å². The molecule has 0 spiro atoms. The molecule has 1 aliphatic rings. The Bertz CT molecular complexity index is 928. The Hall–Kier alpha value is -3.04. The van der Waals surface area contributed by atoms with E-state index in [1.54, 1.807) is 24.7 Å². The van der Waals surface area contributed by atoms with Crippen LogP contribution in [0.4, 0.5) is 0 Å². The van der Waals surface area contributed by atoms with Crippen molar-refractivity contribution < 1.29 is 19.5 Å². The van der Waals surface area contributed by atoms with Gasteiger partial charge in [-0.25, -0.2) is 9.78 Å². The number of rotatable bonds is 6. The highest BCUT2D eigenvalue weighted by molar-refractivity contribution is 5.88. The van der Waals surface area contributed by atoms with E-state index in [1.165, 1.54) is 12.1 Å². The quantitative estimate of drug-likeness (QED) is 0.660. The van der Waals surface area contributed by atoms with Crippen LogP contribution in [0.5, 0.6) is 0 Å². The fourth-order valence-electron chi connectivity index (χ4n) is 3.40. The predicted molar refractivity (Wildman–Crippen MR) is 98.4 cm³/mol. The molecule has 0 aliphatic carbocycles. The van der Waals surface area contributed by atoms with E-state index in [0.29, 0.717) is 43.2 Å². The molecular weight excluding hydrogens is 362 g/mol. The van der Waals surface area contributed by atoms with Gasteiger partial charge in [0.25, 0.3) is 0 Å². The third-order valence-electron chi connectivity index (χ3n) is 5.04. The Morgan fingerprint density at radius 3 is 2.61 bits per heavy atom. The standard InChI is InChI=1S/C19H21N5O4/c25-18(26)15-3-1-14(2-4-15)17-21-16(28-22-17)11-23-8-5-19(27,6-9-23)12-24-10-7-20-13-24/h1-4,7,10,13,27H,5-6,8-9,11-12H2,(H,25,26). The molecule has 2 aromatic heterocycles. The topological polar surface area (TPSA) is 118 Å². The lowest BCUT2D eigenvalue weighted by Crippen LogP contribution is -2.46. The molecule has 3 aromatic rings. The van der Waals surface area contributed by atoms with E-state index in [9.17, 15) is 9.90 Å². The Morgan fingerprint density at radius 2 is 1.96 bits per heavy atom. The monoisotopic (exact) mass is 383 g/mol. The number of hydrogen-bond acceptors (Lipinski definition) is 7. The molecule has 3 heterocycles. The zero-order chi connectivity index (χ0) is 19.6. The van der Waals surface area contributed by atoms with Crippen LogP contribution in [0.1, 0.15) is 29.1 Å². The van der Waals surface area contributed by atoms with Crippen LogP contribution in [0.15, 0.2) is 47.5 Å². The summed E-state index contributed by atoms with van der Waals surface area (Å²) in [4.78, 5) is 21.5. The summed E-state index contributed by atoms with van der Waals surface area (Å²) in [6.07, 6.45) is 6.59. The molecule has 2 N–H and O–H groups in total. The summed E-state index contributed by atoms with van der Waals surface area (Å²) in [5.74, 6) is -0.0450. The Labute approximate surface area is 161 Å². The average molecular weight is 383 g/mol. The van der Waals surface area contributed by atoms with E-state index < -0.39 is 11.6 Å². The van der Waals surface area contributed by atoms with Gasteiger partial charge < -0.3 is 19.3 Å². The smallest absolute Gasteiger partial charge is 0.335 e. The minimum absolute atomic E-state index is 0.212. The molecule has 0 radical (unpaired) electrons. The largest absolute Gasteiger partial charge is 0.478 e. The van der Waals surface area contributed by atoms with Gasteiger partial charge in [-0.05, 0) is 25.0 Å². The SMILES string of the molecule is O=C(O)c1ccc(-c2noc(CN3CCC(O)(Cn4ccnc4)CC3)n2)cc1. The summed E-state index contributed by atoms with van der Waals surface area (Å²) in [7, 11) is 0. The first kappa shape index (κ1) is 18.3. The van der Waals surface area contributed by atoms with Crippen LogP contribution in [0.3, 0.4) is 0 Å². The van der Waals surface area contributed by atoms with E-state index in [1.807, 2.05) is 10.8 Å². The maximum Gasteiger partial charge on any atom is 0.335 e. The highest BCUT2D eigenvalue weighted by Crippen LogP contribution is 2.25. The number of aliphatic hydroxyl groups is 1. The number of benzene rings is 1. The molecule has 1 fully saturated rings. The van der Waals surface area contributed by atoms with Gasteiger partial charge >= 0.3 is 5.97 Å². The lowest BCUT2D eigenvalue weighted by Gasteiger charge is -2.37. The number of aromatic carboxylic acids is 1. The number of likely N-dealkylation sites (tertiary alicyclic amines) is 1. The van der Waals surface area contributed by atoms with E-state index in [0.717, 1.165) is 13.1 Å². The number of aromatic nitrogens is 4. The van der Waals surface area contributed by atoms with Crippen molar-refractivity contribution in [3.8, 4) is 11.4 Å². The number of carboxylic acids is 1. The third kappa shape index (κ3) is 4.10. The Kier molecular flexibility index (Phi) is 4.93. The van der Waals surface area contributed by atoms with Crippen molar-refractivity contribution in [3.63, 3.8) is 0 Å². The fourth-order valence-corrected chi connectivity index (χ4v) is 3.40. The molecule has 9 heteroatoms. The molecule has 0 saturated carbocycles. The zero-order valence-corrected chi connectivity index (χ0v) is 15.2. The molecule has 146 valence electrons. The van der Waals surface area contributed by atoms with Crippen molar-refractivity contribution in [1.82, 2.24) is 24.6 Å². The second-order valence-electron chi connectivity index (χ2n) is 7.13. The third-order valence-corrected chi connectivity index (χ3v) is 5.04. The molecule has 0 atom stereocenters. The number of imidazole rings is 1. The second-order valence-corrected chi connectivity index (χ2v) is 7.13. The first-order valence-electron chi connectivity index (χ1n) is 9.08. The molecule has 1 saturated heterocycles. The Morgan fingerprint density at radius 1 is 1.21 bits per heavy atom. The fraction of sp³-hybridized carbons (Fsp3) is 0.368. The normalized spacial score (nSPS) is 16.9. The van der Waals surface area contributed by atoms with Crippen LogP contribution in [0.2, 0.25) is 0 Å². The summed E-state index contributed by atoms with van der Waals surface area (Å²) < 4.78 is 7.24. The summed E-state index contributed by atoms with van der Waals surface area (Å²) in [5.41, 5.74) is 0.181. The van der Waals surface area contributed by atoms with Crippen molar-refractivity contribution in [3.05, 3.63) is 54.4 Å². The molecule has 9 nitrogen and oxygen atoms in total. The summed E-state index contributed by atoms with van der Waals surface area (Å²) in [6, 6.07) is 6.35. The number of hydrogen-bond donors (Lipinski definition) is 2. The molecule has 28 heavy (non-hydrogen) atoms. The first-order chi connectivity index (χ1) is 13.5. The summed E-state index contributed by atoms with van der Waals surface area (Å²) in [6.45, 7) is 2.52. The van der Waals surface area contributed by atoms with Gasteiger partial charge in [-0.15, -0.1) is 0 Å². The molecule has 1 aliphatic heterocycles. The maximum atomic E-state index is 10.9. The Balaban J connectivity index is 1.34. The second kappa shape index (κ2) is 7.53. The first-order valence-corrected chi connectivity index (χ1v) is 9.08. The van der Waals surface area contributed by atoms with E-state index in [-0.39, 0.29) is 5.56 Å². The average Bonchev–Trinajstić information content (AvgIpc) is 3.36. The van der Waals surface area contributed by atoms with E-state index >= 15 is 0 Å². The predicted octanol–water partition coefficient (Wildman–Crippen LogP) is 1.66. The lowest BCUT2D eigenvalue weighted by molar-refractivity contribution is -0.0373. The van der Waals surface area contributed by atoms with Crippen LogP contribution < -0.4 is 0 Å². The van der Waals surface area contributed by atoms with Crippen LogP contribution >= 0.6 is 0 Å². The number of carbonyl (C=O) groups is 1. The van der Waals surface area contributed by atoms with Crippen molar-refractivity contribution in [1.29, 1.82) is 0 Å². The van der Waals surface area contributed by atoms with Gasteiger partial charge in [0.2, 0.25) is 11.7 Å². The van der Waals surface area contributed by atoms with E-state index in [4.69, 9.17) is 9.63 Å². The number of nitrogens with zero attached hydrogens (tertiary/aromatic N) is 5. The molecule has 0 unspecified atom stereocenters. The van der Waals surface area contributed by atoms with Gasteiger partial charge in [0.05, 0.1) is 30.6 Å². The van der Waals surface area contributed by atoms with Crippen LogP contribution in [0.25, 0.3) is 11.4 Å². The van der Waals surface area contributed by atoms with Crippen LogP contribution in [-0.2, 0) is 13.1 Å². The molecule has 0 amide bonds. The molecule has 1 aromatic carbocycles. The van der Waals surface area contributed by atoms with Crippen molar-refractivity contribution in [2.24, 2.45) is 0 Å². The van der Waals surface area contributed by atoms with Crippen LogP contribution in [-0.4, -0.2) is 59.5 Å². The lowest BCUT2D eigenvalue weighted by atomic mass is 9.91. The van der Waals surface area contributed by atoms with Gasteiger partial charge in [0, 0.05) is 31.0 Å². The van der Waals surface area contributed by atoms with Gasteiger partial charge in [-0.1, -0.05) is 17.3 Å². The molecule has 0 bridgehead atoms. The summed E-state index contributed by atoms with van der Waals surface area (Å²) >= 11 is 0. The van der Waals surface area contributed by atoms with Crippen molar-refractivity contribution >= 4 is 5.97 Å². The number of piperidine rings is 1. The van der Waals surface area contributed by atoms with Crippen molar-refractivity contribution in [2.75, 3.05) is 13.1 Å². The van der Waals surface area contributed by atoms with Gasteiger partial charge in [0.1, 0.15) is 0 Å². The number of carboxylic acid groups (broad SMARTS) is 1. The maximum absolute atomic E-state index is 10.9. The van der Waals surface area contributed by atoms with Crippen molar-refractivity contribution in [2.45, 2.75) is 31.5 Å². The van der Waals surface area contributed by atoms with Crippen LogP contribution in [0, 0.1) is 0 Å². The zero-order valence-electron chi connectivity index (χ0n) is 15.2. The molecule has 4 rings (SSSR count). The van der Waals surface area contributed by atoms with Gasteiger partial charge in [-0.3, -0.25) is 4.90 Å².